The fourth-order valence-corrected chi connectivity index (χ4v) is 4.54. The lowest BCUT2D eigenvalue weighted by molar-refractivity contribution is -0.384. The topological polar surface area (TPSA) is 75.8 Å². The minimum Gasteiger partial charge on any atom is -0.267 e. The highest BCUT2D eigenvalue weighted by Crippen LogP contribution is 2.36. The standard InChI is InChI=1S/C24H17N3O3S/c28-24(17-9-11-20(12-10-17)27(29)30)26-22(15-21(25-26)23-6-3-13-31-23)19-8-7-16-4-1-2-5-18(16)14-19/h1-14,22H,15H2. The highest BCUT2D eigenvalue weighted by atomic mass is 32.1. The first-order chi connectivity index (χ1) is 15.1. The maximum absolute atomic E-state index is 13.3. The molecule has 1 aliphatic heterocycles. The maximum atomic E-state index is 13.3. The third-order valence-electron chi connectivity index (χ3n) is 5.41. The van der Waals surface area contributed by atoms with Gasteiger partial charge in [-0.15, -0.1) is 11.3 Å². The van der Waals surface area contributed by atoms with Crippen LogP contribution in [0.4, 0.5) is 5.69 Å². The predicted molar refractivity (Wildman–Crippen MR) is 121 cm³/mol. The number of hydrogen-bond donors (Lipinski definition) is 0. The number of benzene rings is 3. The van der Waals surface area contributed by atoms with Crippen LogP contribution < -0.4 is 0 Å². The Morgan fingerprint density at radius 1 is 1.00 bits per heavy atom. The van der Waals surface area contributed by atoms with Crippen molar-refractivity contribution in [1.82, 2.24) is 5.01 Å². The molecule has 0 saturated carbocycles. The summed E-state index contributed by atoms with van der Waals surface area (Å²) < 4.78 is 0. The molecule has 7 heteroatoms. The molecule has 1 atom stereocenters. The molecular weight excluding hydrogens is 410 g/mol. The monoisotopic (exact) mass is 427 g/mol. The van der Waals surface area contributed by atoms with Crippen LogP contribution in [0.25, 0.3) is 10.8 Å². The van der Waals surface area contributed by atoms with Crippen LogP contribution in [0.2, 0.25) is 0 Å². The molecule has 5 rings (SSSR count). The number of carbonyl (C=O) groups is 1. The Bertz CT molecular complexity index is 1310. The molecule has 1 aliphatic rings. The van der Waals surface area contributed by atoms with Gasteiger partial charge in [-0.05, 0) is 46.0 Å². The number of thiophene rings is 1. The van der Waals surface area contributed by atoms with E-state index in [-0.39, 0.29) is 17.6 Å². The van der Waals surface area contributed by atoms with Crippen LogP contribution in [0.1, 0.15) is 33.3 Å². The summed E-state index contributed by atoms with van der Waals surface area (Å²) in [5.74, 6) is -0.278. The lowest BCUT2D eigenvalue weighted by Gasteiger charge is -2.22. The molecule has 0 fully saturated rings. The van der Waals surface area contributed by atoms with E-state index in [0.717, 1.165) is 26.9 Å². The first-order valence-corrected chi connectivity index (χ1v) is 10.7. The van der Waals surface area contributed by atoms with Crippen molar-refractivity contribution in [2.75, 3.05) is 0 Å². The maximum Gasteiger partial charge on any atom is 0.274 e. The summed E-state index contributed by atoms with van der Waals surface area (Å²) in [4.78, 5) is 24.8. The number of non-ortho nitro benzene ring substituents is 1. The Kier molecular flexibility index (Phi) is 4.80. The minimum absolute atomic E-state index is 0.0492. The third kappa shape index (κ3) is 3.60. The quantitative estimate of drug-likeness (QED) is 0.305. The summed E-state index contributed by atoms with van der Waals surface area (Å²) >= 11 is 1.59. The van der Waals surface area contributed by atoms with Crippen LogP contribution in [-0.2, 0) is 0 Å². The summed E-state index contributed by atoms with van der Waals surface area (Å²) in [5.41, 5.74) is 2.19. The van der Waals surface area contributed by atoms with Crippen molar-refractivity contribution in [3.8, 4) is 0 Å². The van der Waals surface area contributed by atoms with Crippen LogP contribution in [0.3, 0.4) is 0 Å². The van der Waals surface area contributed by atoms with Gasteiger partial charge in [-0.3, -0.25) is 14.9 Å². The predicted octanol–water partition coefficient (Wildman–Crippen LogP) is 5.80. The van der Waals surface area contributed by atoms with Gasteiger partial charge >= 0.3 is 0 Å². The molecule has 0 N–H and O–H groups in total. The van der Waals surface area contributed by atoms with Crippen molar-refractivity contribution in [3.05, 3.63) is 110 Å². The van der Waals surface area contributed by atoms with Gasteiger partial charge in [-0.2, -0.15) is 5.10 Å². The van der Waals surface area contributed by atoms with E-state index in [1.165, 1.54) is 29.3 Å². The van der Waals surface area contributed by atoms with Crippen molar-refractivity contribution in [1.29, 1.82) is 0 Å². The molecule has 0 bridgehead atoms. The summed E-state index contributed by atoms with van der Waals surface area (Å²) in [6, 6.07) is 23.7. The molecule has 1 unspecified atom stereocenters. The average Bonchev–Trinajstić information content (AvgIpc) is 3.48. The molecule has 4 aromatic rings. The Labute approximate surface area is 182 Å². The normalized spacial score (nSPS) is 15.8. The minimum atomic E-state index is -0.477. The molecule has 3 aromatic carbocycles. The Morgan fingerprint density at radius 2 is 1.77 bits per heavy atom. The van der Waals surface area contributed by atoms with E-state index in [9.17, 15) is 14.9 Å². The van der Waals surface area contributed by atoms with E-state index in [4.69, 9.17) is 0 Å². The molecule has 31 heavy (non-hydrogen) atoms. The lowest BCUT2D eigenvalue weighted by Crippen LogP contribution is -2.27. The van der Waals surface area contributed by atoms with Gasteiger partial charge in [0, 0.05) is 24.1 Å². The fourth-order valence-electron chi connectivity index (χ4n) is 3.82. The van der Waals surface area contributed by atoms with Crippen molar-refractivity contribution < 1.29 is 9.72 Å². The second-order valence-electron chi connectivity index (χ2n) is 7.30. The van der Waals surface area contributed by atoms with Crippen LogP contribution in [0.15, 0.2) is 89.3 Å². The number of hydrogen-bond acceptors (Lipinski definition) is 5. The van der Waals surface area contributed by atoms with E-state index in [1.807, 2.05) is 35.7 Å². The number of hydrazone groups is 1. The van der Waals surface area contributed by atoms with E-state index in [1.54, 1.807) is 11.3 Å². The Hall–Kier alpha value is -3.84. The molecule has 0 spiro atoms. The van der Waals surface area contributed by atoms with Gasteiger partial charge in [0.05, 0.1) is 21.6 Å². The highest BCUT2D eigenvalue weighted by molar-refractivity contribution is 7.12. The zero-order valence-corrected chi connectivity index (χ0v) is 17.2. The van der Waals surface area contributed by atoms with E-state index in [2.05, 4.69) is 29.4 Å². The number of rotatable bonds is 4. The zero-order chi connectivity index (χ0) is 21.4. The summed E-state index contributed by atoms with van der Waals surface area (Å²) in [6.45, 7) is 0. The molecule has 0 radical (unpaired) electrons. The first kappa shape index (κ1) is 19.1. The average molecular weight is 427 g/mol. The van der Waals surface area contributed by atoms with E-state index >= 15 is 0 Å². The van der Waals surface area contributed by atoms with Gasteiger partial charge in [-0.1, -0.05) is 42.5 Å². The smallest absolute Gasteiger partial charge is 0.267 e. The molecular formula is C24H17N3O3S. The van der Waals surface area contributed by atoms with Gasteiger partial charge in [-0.25, -0.2) is 5.01 Å². The van der Waals surface area contributed by atoms with Crippen LogP contribution >= 0.6 is 11.3 Å². The van der Waals surface area contributed by atoms with Gasteiger partial charge in [0.15, 0.2) is 0 Å². The van der Waals surface area contributed by atoms with Crippen molar-refractivity contribution in [3.63, 3.8) is 0 Å². The lowest BCUT2D eigenvalue weighted by atomic mass is 9.97. The van der Waals surface area contributed by atoms with Gasteiger partial charge in [0.25, 0.3) is 11.6 Å². The molecule has 6 nitrogen and oxygen atoms in total. The van der Waals surface area contributed by atoms with Gasteiger partial charge in [0.1, 0.15) is 0 Å². The fraction of sp³-hybridized carbons (Fsp3) is 0.0833. The van der Waals surface area contributed by atoms with Crippen molar-refractivity contribution in [2.45, 2.75) is 12.5 Å². The number of carbonyl (C=O) groups excluding carboxylic acids is 1. The summed E-state index contributed by atoms with van der Waals surface area (Å²) in [6.07, 6.45) is 0.609. The molecule has 1 aromatic heterocycles. The van der Waals surface area contributed by atoms with Crippen molar-refractivity contribution in [2.24, 2.45) is 5.10 Å². The molecule has 1 amide bonds. The number of nitro groups is 1. The first-order valence-electron chi connectivity index (χ1n) is 9.78. The SMILES string of the molecule is O=C(c1ccc([N+](=O)[O-])cc1)N1N=C(c2cccs2)CC1c1ccc2ccccc2c1. The summed E-state index contributed by atoms with van der Waals surface area (Å²) in [7, 11) is 0. The summed E-state index contributed by atoms with van der Waals surface area (Å²) in [5, 5.41) is 21.4. The molecule has 152 valence electrons. The third-order valence-corrected chi connectivity index (χ3v) is 6.33. The number of fused-ring (bicyclic) bond motifs is 1. The second kappa shape index (κ2) is 7.77. The van der Waals surface area contributed by atoms with Crippen LogP contribution in [0, 0.1) is 10.1 Å². The van der Waals surface area contributed by atoms with E-state index < -0.39 is 4.92 Å². The van der Waals surface area contributed by atoms with Crippen molar-refractivity contribution >= 4 is 39.4 Å². The molecule has 0 aliphatic carbocycles. The number of nitrogens with zero attached hydrogens (tertiary/aromatic N) is 3. The van der Waals surface area contributed by atoms with E-state index in [0.29, 0.717) is 12.0 Å². The van der Waals surface area contributed by atoms with Gasteiger partial charge < -0.3 is 0 Å². The Morgan fingerprint density at radius 3 is 2.48 bits per heavy atom. The largest absolute Gasteiger partial charge is 0.274 e. The molecule has 0 saturated heterocycles. The number of amides is 1. The molecule has 2 heterocycles. The number of nitro benzene ring substituents is 1. The zero-order valence-electron chi connectivity index (χ0n) is 16.3. The van der Waals surface area contributed by atoms with Crippen LogP contribution in [0.5, 0.6) is 0 Å². The highest BCUT2D eigenvalue weighted by Gasteiger charge is 2.34. The Balaban J connectivity index is 1.54. The van der Waals surface area contributed by atoms with Crippen LogP contribution in [-0.4, -0.2) is 21.6 Å². The van der Waals surface area contributed by atoms with Gasteiger partial charge in [0.2, 0.25) is 0 Å². The second-order valence-corrected chi connectivity index (χ2v) is 8.25.